The summed E-state index contributed by atoms with van der Waals surface area (Å²) >= 11 is 0. The van der Waals surface area contributed by atoms with Gasteiger partial charge in [0.05, 0.1) is 7.11 Å². The smallest absolute Gasteiger partial charge is 0.192 e. The first kappa shape index (κ1) is 22.0. The molecule has 5 nitrogen and oxygen atoms in total. The molecule has 2 unspecified atom stereocenters. The molecular formula is C19H35NO4Si. The lowest BCUT2D eigenvalue weighted by Gasteiger charge is -2.37. The fraction of sp³-hybridized carbons (Fsp3) is 0.684. The van der Waals surface area contributed by atoms with E-state index in [1.807, 2.05) is 24.3 Å². The van der Waals surface area contributed by atoms with Gasteiger partial charge >= 0.3 is 0 Å². The summed E-state index contributed by atoms with van der Waals surface area (Å²) in [6.45, 7) is 14.6. The second-order valence-corrected chi connectivity index (χ2v) is 12.8. The van der Waals surface area contributed by atoms with Gasteiger partial charge in [-0.1, -0.05) is 20.8 Å². The van der Waals surface area contributed by atoms with Gasteiger partial charge in [-0.25, -0.2) is 0 Å². The Labute approximate surface area is 153 Å². The average Bonchev–Trinajstić information content (AvgIpc) is 2.55. The van der Waals surface area contributed by atoms with Crippen LogP contribution in [0.2, 0.25) is 18.1 Å². The Hall–Kier alpha value is -1.08. The third kappa shape index (κ3) is 7.77. The second kappa shape index (κ2) is 9.57. The highest BCUT2D eigenvalue weighted by atomic mass is 28.4. The van der Waals surface area contributed by atoms with Crippen LogP contribution in [0.1, 0.15) is 27.7 Å². The van der Waals surface area contributed by atoms with Crippen molar-refractivity contribution in [3.05, 3.63) is 24.3 Å². The zero-order valence-electron chi connectivity index (χ0n) is 16.8. The van der Waals surface area contributed by atoms with Gasteiger partial charge in [0.1, 0.15) is 24.2 Å². The SMILES string of the molecule is COc1ccc(OCC(O)CNC(C)CO[Si](C)(C)C(C)(C)C)cc1. The number of benzene rings is 1. The van der Waals surface area contributed by atoms with Gasteiger partial charge in [0.15, 0.2) is 8.32 Å². The molecule has 2 atom stereocenters. The Morgan fingerprint density at radius 2 is 1.64 bits per heavy atom. The van der Waals surface area contributed by atoms with E-state index in [1.54, 1.807) is 7.11 Å². The molecule has 0 spiro atoms. The first-order chi connectivity index (χ1) is 11.5. The molecule has 0 aliphatic carbocycles. The monoisotopic (exact) mass is 369 g/mol. The van der Waals surface area contributed by atoms with Crippen LogP contribution in [-0.4, -0.2) is 52.4 Å². The Kier molecular flexibility index (Phi) is 8.41. The van der Waals surface area contributed by atoms with Crippen molar-refractivity contribution in [1.29, 1.82) is 0 Å². The lowest BCUT2D eigenvalue weighted by Crippen LogP contribution is -2.45. The number of aliphatic hydroxyl groups excluding tert-OH is 1. The molecule has 0 aliphatic rings. The highest BCUT2D eigenvalue weighted by molar-refractivity contribution is 6.74. The predicted molar refractivity (Wildman–Crippen MR) is 105 cm³/mol. The molecule has 0 radical (unpaired) electrons. The van der Waals surface area contributed by atoms with Crippen molar-refractivity contribution in [1.82, 2.24) is 5.32 Å². The van der Waals surface area contributed by atoms with Crippen LogP contribution in [0, 0.1) is 0 Å². The molecule has 2 N–H and O–H groups in total. The lowest BCUT2D eigenvalue weighted by atomic mass is 10.2. The molecular weight excluding hydrogens is 334 g/mol. The molecule has 0 aromatic heterocycles. The number of methoxy groups -OCH3 is 1. The maximum absolute atomic E-state index is 10.1. The van der Waals surface area contributed by atoms with Crippen molar-refractivity contribution >= 4 is 8.32 Å². The van der Waals surface area contributed by atoms with Crippen LogP contribution < -0.4 is 14.8 Å². The van der Waals surface area contributed by atoms with Crippen molar-refractivity contribution < 1.29 is 19.0 Å². The van der Waals surface area contributed by atoms with Crippen molar-refractivity contribution in [3.63, 3.8) is 0 Å². The first-order valence-electron chi connectivity index (χ1n) is 8.87. The van der Waals surface area contributed by atoms with E-state index in [9.17, 15) is 5.11 Å². The average molecular weight is 370 g/mol. The van der Waals surface area contributed by atoms with E-state index < -0.39 is 14.4 Å². The lowest BCUT2D eigenvalue weighted by molar-refractivity contribution is 0.101. The van der Waals surface area contributed by atoms with Gasteiger partial charge in [0.2, 0.25) is 0 Å². The summed E-state index contributed by atoms with van der Waals surface area (Å²) in [5.74, 6) is 1.50. The summed E-state index contributed by atoms with van der Waals surface area (Å²) in [5.41, 5.74) is 0. The molecule has 6 heteroatoms. The molecule has 0 amide bonds. The molecule has 144 valence electrons. The van der Waals surface area contributed by atoms with Gasteiger partial charge in [-0.3, -0.25) is 0 Å². The van der Waals surface area contributed by atoms with E-state index in [2.05, 4.69) is 46.1 Å². The molecule has 0 aliphatic heterocycles. The van der Waals surface area contributed by atoms with Crippen molar-refractivity contribution in [3.8, 4) is 11.5 Å². The van der Waals surface area contributed by atoms with Crippen LogP contribution in [-0.2, 0) is 4.43 Å². The third-order valence-corrected chi connectivity index (χ3v) is 9.20. The van der Waals surface area contributed by atoms with Gasteiger partial charge < -0.3 is 24.3 Å². The Morgan fingerprint density at radius 1 is 1.08 bits per heavy atom. The number of hydrogen-bond acceptors (Lipinski definition) is 5. The normalized spacial score (nSPS) is 14.9. The van der Waals surface area contributed by atoms with E-state index >= 15 is 0 Å². The minimum Gasteiger partial charge on any atom is -0.497 e. The molecule has 1 aromatic rings. The molecule has 0 bridgehead atoms. The predicted octanol–water partition coefficient (Wildman–Crippen LogP) is 3.43. The maximum atomic E-state index is 10.1. The van der Waals surface area contributed by atoms with Gasteiger partial charge in [-0.05, 0) is 49.3 Å². The first-order valence-corrected chi connectivity index (χ1v) is 11.8. The minimum atomic E-state index is -1.73. The van der Waals surface area contributed by atoms with E-state index in [1.165, 1.54) is 0 Å². The van der Waals surface area contributed by atoms with Gasteiger partial charge in [-0.15, -0.1) is 0 Å². The summed E-state index contributed by atoms with van der Waals surface area (Å²) in [6, 6.07) is 7.51. The summed E-state index contributed by atoms with van der Waals surface area (Å²) in [7, 11) is -0.102. The number of rotatable bonds is 10. The molecule has 0 fully saturated rings. The summed E-state index contributed by atoms with van der Waals surface area (Å²) in [4.78, 5) is 0. The van der Waals surface area contributed by atoms with Gasteiger partial charge in [-0.2, -0.15) is 0 Å². The Balaban J connectivity index is 2.27. The topological polar surface area (TPSA) is 60.0 Å². The zero-order valence-corrected chi connectivity index (χ0v) is 17.8. The third-order valence-electron chi connectivity index (χ3n) is 4.70. The Morgan fingerprint density at radius 3 is 2.16 bits per heavy atom. The van der Waals surface area contributed by atoms with E-state index in [4.69, 9.17) is 13.9 Å². The van der Waals surface area contributed by atoms with Gasteiger partial charge in [0, 0.05) is 19.2 Å². The highest BCUT2D eigenvalue weighted by Crippen LogP contribution is 2.36. The van der Waals surface area contributed by atoms with E-state index in [0.717, 1.165) is 5.75 Å². The maximum Gasteiger partial charge on any atom is 0.192 e. The summed E-state index contributed by atoms with van der Waals surface area (Å²) in [5, 5.41) is 13.6. The molecule has 0 saturated carbocycles. The van der Waals surface area contributed by atoms with Crippen molar-refractivity contribution in [2.45, 2.75) is 58.0 Å². The number of aliphatic hydroxyl groups is 1. The zero-order chi connectivity index (χ0) is 19.1. The quantitative estimate of drug-likeness (QED) is 0.619. The van der Waals surface area contributed by atoms with E-state index in [-0.39, 0.29) is 17.7 Å². The molecule has 0 saturated heterocycles. The van der Waals surface area contributed by atoms with Crippen molar-refractivity contribution in [2.24, 2.45) is 0 Å². The largest absolute Gasteiger partial charge is 0.497 e. The molecule has 0 heterocycles. The standard InChI is InChI=1S/C19H35NO4Si/c1-15(13-24-25(6,7)19(2,3)4)20-12-16(21)14-23-18-10-8-17(22-5)9-11-18/h8-11,15-16,20-21H,12-14H2,1-7H3. The summed E-state index contributed by atoms with van der Waals surface area (Å²) in [6.07, 6.45) is -0.572. The molecule has 1 aromatic carbocycles. The number of nitrogens with one attached hydrogen (secondary N) is 1. The van der Waals surface area contributed by atoms with Crippen LogP contribution in [0.25, 0.3) is 0 Å². The summed E-state index contributed by atoms with van der Waals surface area (Å²) < 4.78 is 16.9. The molecule has 1 rings (SSSR count). The number of ether oxygens (including phenoxy) is 2. The van der Waals surface area contributed by atoms with Crippen molar-refractivity contribution in [2.75, 3.05) is 26.9 Å². The van der Waals surface area contributed by atoms with Crippen LogP contribution in [0.15, 0.2) is 24.3 Å². The van der Waals surface area contributed by atoms with Crippen LogP contribution in [0.4, 0.5) is 0 Å². The van der Waals surface area contributed by atoms with E-state index in [0.29, 0.717) is 18.9 Å². The van der Waals surface area contributed by atoms with Gasteiger partial charge in [0.25, 0.3) is 0 Å². The van der Waals surface area contributed by atoms with Crippen LogP contribution in [0.3, 0.4) is 0 Å². The van der Waals surface area contributed by atoms with Crippen LogP contribution in [0.5, 0.6) is 11.5 Å². The van der Waals surface area contributed by atoms with Crippen LogP contribution >= 0.6 is 0 Å². The Bertz CT molecular complexity index is 499. The fourth-order valence-corrected chi connectivity index (χ4v) is 2.97. The molecule has 25 heavy (non-hydrogen) atoms. The fourth-order valence-electron chi connectivity index (χ4n) is 1.87. The highest BCUT2D eigenvalue weighted by Gasteiger charge is 2.37. The minimum absolute atomic E-state index is 0.185. The second-order valence-electron chi connectivity index (χ2n) is 8.02. The number of hydrogen-bond donors (Lipinski definition) is 2.